The quantitative estimate of drug-likeness (QED) is 0.566. The number of cyclic esters (lactones) is 1. The molecule has 19 heavy (non-hydrogen) atoms. The van der Waals surface area contributed by atoms with E-state index in [-0.39, 0.29) is 0 Å². The van der Waals surface area contributed by atoms with Crippen LogP contribution in [0, 0.1) is 0 Å². The smallest absolute Gasteiger partial charge is 0.351 e. The van der Waals surface area contributed by atoms with Gasteiger partial charge in [0.05, 0.1) is 18.6 Å². The molecular weight excluding hydrogens is 256 g/mol. The molecule has 0 aromatic carbocycles. The van der Waals surface area contributed by atoms with Gasteiger partial charge in [-0.1, -0.05) is 0 Å². The second-order valence-corrected chi connectivity index (χ2v) is 4.91. The molecule has 1 aliphatic heterocycles. The van der Waals surface area contributed by atoms with Crippen molar-refractivity contribution in [2.75, 3.05) is 0 Å². The van der Waals surface area contributed by atoms with Crippen molar-refractivity contribution < 1.29 is 33.7 Å². The molecule has 0 saturated carbocycles. The van der Waals surface area contributed by atoms with E-state index in [0.29, 0.717) is 0 Å². The third-order valence-electron chi connectivity index (χ3n) is 2.36. The Morgan fingerprint density at radius 2 is 1.79 bits per heavy atom. The maximum Gasteiger partial charge on any atom is 0.351 e. The lowest BCUT2D eigenvalue weighted by Crippen LogP contribution is -2.52. The molecule has 1 heterocycles. The first-order chi connectivity index (χ1) is 8.66. The highest BCUT2D eigenvalue weighted by atomic mass is 16.6. The molecule has 2 atom stereocenters. The first-order valence-electron chi connectivity index (χ1n) is 6.00. The predicted octanol–water partition coefficient (Wildman–Crippen LogP) is -0.0638. The molecule has 7 heteroatoms. The molecule has 108 valence electrons. The summed E-state index contributed by atoms with van der Waals surface area (Å²) in [5, 5.41) is 10.2. The first-order valence-corrected chi connectivity index (χ1v) is 6.00. The molecule has 0 radical (unpaired) electrons. The van der Waals surface area contributed by atoms with Crippen LogP contribution in [-0.4, -0.2) is 46.9 Å². The van der Waals surface area contributed by atoms with Crippen LogP contribution >= 0.6 is 0 Å². The molecule has 0 aromatic heterocycles. The van der Waals surface area contributed by atoms with Gasteiger partial charge in [0.2, 0.25) is 11.7 Å². The molecule has 1 unspecified atom stereocenters. The van der Waals surface area contributed by atoms with Gasteiger partial charge in [-0.05, 0) is 27.7 Å². The Morgan fingerprint density at radius 1 is 1.26 bits per heavy atom. The van der Waals surface area contributed by atoms with Gasteiger partial charge in [-0.25, -0.2) is 9.59 Å². The van der Waals surface area contributed by atoms with E-state index in [1.165, 1.54) is 0 Å². The van der Waals surface area contributed by atoms with Gasteiger partial charge in [0, 0.05) is 0 Å². The molecular formula is C12H18O7. The largest absolute Gasteiger partial charge is 0.461 e. The molecule has 0 amide bonds. The Hall–Kier alpha value is -1.63. The van der Waals surface area contributed by atoms with E-state index in [9.17, 15) is 19.5 Å². The Kier molecular flexibility index (Phi) is 4.52. The Morgan fingerprint density at radius 3 is 2.26 bits per heavy atom. The van der Waals surface area contributed by atoms with Gasteiger partial charge in [-0.15, -0.1) is 0 Å². The standard InChI is InChI=1S/C12H18O7/c1-6(2)17-10(14)9-12(16,5-8(13)19-9)11(15)18-7(3)4/h6-7,9,16H,5H2,1-4H3/t9-,12?/m1/s1. The van der Waals surface area contributed by atoms with Crippen molar-refractivity contribution in [3.8, 4) is 0 Å². The van der Waals surface area contributed by atoms with Crippen molar-refractivity contribution in [2.24, 2.45) is 0 Å². The summed E-state index contributed by atoms with van der Waals surface area (Å²) >= 11 is 0. The SMILES string of the molecule is CC(C)OC(=O)[C@H]1OC(=O)CC1(O)C(=O)OC(C)C. The Bertz CT molecular complexity index is 388. The lowest BCUT2D eigenvalue weighted by molar-refractivity contribution is -0.187. The third kappa shape index (κ3) is 3.44. The summed E-state index contributed by atoms with van der Waals surface area (Å²) in [4.78, 5) is 34.8. The number of carbonyl (C=O) groups is 3. The molecule has 1 rings (SSSR count). The molecule has 0 aromatic rings. The van der Waals surface area contributed by atoms with Gasteiger partial charge in [0.25, 0.3) is 0 Å². The van der Waals surface area contributed by atoms with Gasteiger partial charge in [-0.2, -0.15) is 0 Å². The van der Waals surface area contributed by atoms with Crippen molar-refractivity contribution in [1.82, 2.24) is 0 Å². The topological polar surface area (TPSA) is 99.1 Å². The zero-order valence-electron chi connectivity index (χ0n) is 11.3. The number of hydrogen-bond donors (Lipinski definition) is 1. The molecule has 0 aliphatic carbocycles. The summed E-state index contributed by atoms with van der Waals surface area (Å²) in [6.45, 7) is 6.36. The summed E-state index contributed by atoms with van der Waals surface area (Å²) < 4.78 is 14.4. The van der Waals surface area contributed by atoms with E-state index in [1.807, 2.05) is 0 Å². The summed E-state index contributed by atoms with van der Waals surface area (Å²) in [5.74, 6) is -2.89. The van der Waals surface area contributed by atoms with Crippen molar-refractivity contribution in [3.63, 3.8) is 0 Å². The van der Waals surface area contributed by atoms with E-state index in [2.05, 4.69) is 4.74 Å². The summed E-state index contributed by atoms with van der Waals surface area (Å²) in [7, 11) is 0. The van der Waals surface area contributed by atoms with Crippen LogP contribution in [-0.2, 0) is 28.6 Å². The fourth-order valence-electron chi connectivity index (χ4n) is 1.62. The number of hydrogen-bond acceptors (Lipinski definition) is 7. The van der Waals surface area contributed by atoms with E-state index in [1.54, 1.807) is 27.7 Å². The lowest BCUT2D eigenvalue weighted by atomic mass is 9.95. The van der Waals surface area contributed by atoms with Crippen LogP contribution in [0.1, 0.15) is 34.1 Å². The maximum absolute atomic E-state index is 11.8. The molecule has 7 nitrogen and oxygen atoms in total. The highest BCUT2D eigenvalue weighted by Crippen LogP contribution is 2.30. The van der Waals surface area contributed by atoms with Crippen LogP contribution in [0.3, 0.4) is 0 Å². The highest BCUT2D eigenvalue weighted by molar-refractivity contribution is 5.97. The third-order valence-corrected chi connectivity index (χ3v) is 2.36. The second kappa shape index (κ2) is 5.56. The molecule has 1 N–H and O–H groups in total. The first kappa shape index (κ1) is 15.4. The average Bonchev–Trinajstić information content (AvgIpc) is 2.53. The van der Waals surface area contributed by atoms with Crippen LogP contribution in [0.4, 0.5) is 0 Å². The van der Waals surface area contributed by atoms with Crippen molar-refractivity contribution in [3.05, 3.63) is 0 Å². The van der Waals surface area contributed by atoms with Gasteiger partial charge in [0.15, 0.2) is 0 Å². The molecule has 1 aliphatic rings. The van der Waals surface area contributed by atoms with Gasteiger partial charge >= 0.3 is 17.9 Å². The van der Waals surface area contributed by atoms with E-state index in [0.717, 1.165) is 0 Å². The minimum Gasteiger partial charge on any atom is -0.461 e. The minimum absolute atomic E-state index is 0.461. The fourth-order valence-corrected chi connectivity index (χ4v) is 1.62. The minimum atomic E-state index is -2.33. The van der Waals surface area contributed by atoms with Crippen molar-refractivity contribution in [2.45, 2.75) is 58.0 Å². The predicted molar refractivity (Wildman–Crippen MR) is 61.9 cm³/mol. The molecule has 1 saturated heterocycles. The zero-order chi connectivity index (χ0) is 14.8. The number of esters is 3. The van der Waals surface area contributed by atoms with Crippen molar-refractivity contribution >= 4 is 17.9 Å². The number of ether oxygens (including phenoxy) is 3. The zero-order valence-corrected chi connectivity index (χ0v) is 11.3. The summed E-state index contributed by atoms with van der Waals surface area (Å²) in [6.07, 6.45) is -3.27. The van der Waals surface area contributed by atoms with Crippen LogP contribution in [0.15, 0.2) is 0 Å². The molecule has 1 fully saturated rings. The van der Waals surface area contributed by atoms with E-state index in [4.69, 9.17) is 9.47 Å². The summed E-state index contributed by atoms with van der Waals surface area (Å²) in [5.41, 5.74) is -2.33. The molecule has 0 bridgehead atoms. The number of rotatable bonds is 4. The normalized spacial score (nSPS) is 26.5. The van der Waals surface area contributed by atoms with E-state index >= 15 is 0 Å². The van der Waals surface area contributed by atoms with E-state index < -0.39 is 48.2 Å². The average molecular weight is 274 g/mol. The van der Waals surface area contributed by atoms with Crippen LogP contribution in [0.5, 0.6) is 0 Å². The number of carbonyl (C=O) groups excluding carboxylic acids is 3. The second-order valence-electron chi connectivity index (χ2n) is 4.91. The number of aliphatic hydroxyl groups is 1. The van der Waals surface area contributed by atoms with Crippen molar-refractivity contribution in [1.29, 1.82) is 0 Å². The summed E-state index contributed by atoms with van der Waals surface area (Å²) in [6, 6.07) is 0. The lowest BCUT2D eigenvalue weighted by Gasteiger charge is -2.25. The maximum atomic E-state index is 11.8. The van der Waals surface area contributed by atoms with Gasteiger partial charge in [0.1, 0.15) is 0 Å². The fraction of sp³-hybridized carbons (Fsp3) is 0.750. The Balaban J connectivity index is 2.92. The van der Waals surface area contributed by atoms with Crippen LogP contribution in [0.2, 0.25) is 0 Å². The van der Waals surface area contributed by atoms with Crippen LogP contribution < -0.4 is 0 Å². The Labute approximate surface area is 110 Å². The monoisotopic (exact) mass is 274 g/mol. The molecule has 0 spiro atoms. The van der Waals surface area contributed by atoms with Crippen LogP contribution in [0.25, 0.3) is 0 Å². The highest BCUT2D eigenvalue weighted by Gasteiger charge is 2.59. The van der Waals surface area contributed by atoms with Gasteiger partial charge < -0.3 is 19.3 Å². The van der Waals surface area contributed by atoms with Gasteiger partial charge in [-0.3, -0.25) is 4.79 Å².